The number of hydrogen-bond acceptors (Lipinski definition) is 3. The Balaban J connectivity index is 0.000000280. The van der Waals surface area contributed by atoms with E-state index in [-0.39, 0.29) is 0 Å². The molecule has 0 atom stereocenters. The first kappa shape index (κ1) is 12.8. The van der Waals surface area contributed by atoms with Crippen molar-refractivity contribution in [2.45, 2.75) is 31.6 Å². The van der Waals surface area contributed by atoms with E-state index in [0.29, 0.717) is 0 Å². The molecule has 0 spiro atoms. The van der Waals surface area contributed by atoms with Crippen molar-refractivity contribution in [2.24, 2.45) is 4.40 Å². The summed E-state index contributed by atoms with van der Waals surface area (Å²) in [5.41, 5.74) is 2.73. The lowest BCUT2D eigenvalue weighted by Crippen LogP contribution is -2.05. The fourth-order valence-corrected chi connectivity index (χ4v) is 2.11. The molecule has 0 saturated heterocycles. The van der Waals surface area contributed by atoms with Crippen LogP contribution in [0.5, 0.6) is 0 Å². The number of hydrogen-bond donors (Lipinski definition) is 1. The zero-order valence-electron chi connectivity index (χ0n) is 9.43. The smallest absolute Gasteiger partial charge is 0.300 e. The maximum Gasteiger partial charge on any atom is 0.300 e. The Bertz CT molecular complexity index is 398. The molecule has 0 aromatic heterocycles. The monoisotopic (exact) mass is 237 g/mol. The number of carboxylic acid groups (broad SMARTS) is 1. The maximum absolute atomic E-state index is 9.00. The predicted molar refractivity (Wildman–Crippen MR) is 67.0 cm³/mol. The van der Waals surface area contributed by atoms with Crippen molar-refractivity contribution in [3.63, 3.8) is 0 Å². The Kier molecular flexibility index (Phi) is 5.05. The van der Waals surface area contributed by atoms with Gasteiger partial charge in [-0.3, -0.25) is 4.79 Å². The molecular formula is C12H15NO2S. The van der Waals surface area contributed by atoms with Crippen LogP contribution in [0.2, 0.25) is 0 Å². The van der Waals surface area contributed by atoms with Gasteiger partial charge in [-0.2, -0.15) is 0 Å². The van der Waals surface area contributed by atoms with E-state index in [9.17, 15) is 0 Å². The summed E-state index contributed by atoms with van der Waals surface area (Å²) >= 11 is 1.61. The summed E-state index contributed by atoms with van der Waals surface area (Å²) in [4.78, 5) is 10.3. The van der Waals surface area contributed by atoms with E-state index in [0.717, 1.165) is 19.8 Å². The third-order valence-electron chi connectivity index (χ3n) is 2.05. The van der Waals surface area contributed by atoms with E-state index in [2.05, 4.69) is 35.6 Å². The highest BCUT2D eigenvalue weighted by molar-refractivity contribution is 7.98. The Morgan fingerprint density at radius 3 is 2.75 bits per heavy atom. The highest BCUT2D eigenvalue weighted by Crippen LogP contribution is 2.29. The van der Waals surface area contributed by atoms with E-state index in [4.69, 9.17) is 9.90 Å². The van der Waals surface area contributed by atoms with Crippen molar-refractivity contribution in [3.8, 4) is 0 Å². The molecule has 0 unspecified atom stereocenters. The van der Waals surface area contributed by atoms with Gasteiger partial charge in [0.25, 0.3) is 5.97 Å². The standard InChI is InChI=1S/C10H11NS.C2H4O2/c1-2-9-7-8-5-3-4-6-10(8)12-11-9;1-2(3)4/h3-6H,2,7H2,1H3;1H3,(H,3,4). The molecule has 1 N–H and O–H groups in total. The molecule has 1 heterocycles. The SMILES string of the molecule is CC(=O)O.CCC1=NSc2ccccc2C1. The second-order valence-electron chi connectivity index (χ2n) is 3.41. The first-order valence-electron chi connectivity index (χ1n) is 5.13. The number of rotatable bonds is 1. The van der Waals surface area contributed by atoms with E-state index in [1.807, 2.05) is 0 Å². The third-order valence-corrected chi connectivity index (χ3v) is 2.99. The molecular weight excluding hydrogens is 222 g/mol. The minimum absolute atomic E-state index is 0.833. The molecule has 2 rings (SSSR count). The van der Waals surface area contributed by atoms with E-state index < -0.39 is 5.97 Å². The van der Waals surface area contributed by atoms with Gasteiger partial charge in [0.05, 0.1) is 0 Å². The lowest BCUT2D eigenvalue weighted by Gasteiger charge is -2.13. The highest BCUT2D eigenvalue weighted by Gasteiger charge is 2.10. The van der Waals surface area contributed by atoms with Crippen LogP contribution in [-0.4, -0.2) is 16.8 Å². The van der Waals surface area contributed by atoms with Gasteiger partial charge in [-0.25, -0.2) is 4.40 Å². The van der Waals surface area contributed by atoms with Gasteiger partial charge >= 0.3 is 0 Å². The zero-order chi connectivity index (χ0) is 12.0. The van der Waals surface area contributed by atoms with Crippen LogP contribution < -0.4 is 0 Å². The van der Waals surface area contributed by atoms with Crippen LogP contribution >= 0.6 is 11.9 Å². The molecule has 86 valence electrons. The summed E-state index contributed by atoms with van der Waals surface area (Å²) in [7, 11) is 0. The van der Waals surface area contributed by atoms with Crippen LogP contribution in [0.3, 0.4) is 0 Å². The molecule has 3 nitrogen and oxygen atoms in total. The topological polar surface area (TPSA) is 49.7 Å². The summed E-state index contributed by atoms with van der Waals surface area (Å²) in [6, 6.07) is 8.49. The van der Waals surface area contributed by atoms with Crippen LogP contribution in [0.1, 0.15) is 25.8 Å². The van der Waals surface area contributed by atoms with Crippen molar-refractivity contribution in [1.29, 1.82) is 0 Å². The van der Waals surface area contributed by atoms with E-state index in [1.165, 1.54) is 16.2 Å². The minimum Gasteiger partial charge on any atom is -0.481 e. The van der Waals surface area contributed by atoms with Crippen LogP contribution in [0.4, 0.5) is 0 Å². The van der Waals surface area contributed by atoms with E-state index in [1.54, 1.807) is 11.9 Å². The molecule has 1 aromatic carbocycles. The summed E-state index contributed by atoms with van der Waals surface area (Å²) < 4.78 is 4.42. The lowest BCUT2D eigenvalue weighted by molar-refractivity contribution is -0.134. The second kappa shape index (κ2) is 6.33. The van der Waals surface area contributed by atoms with Gasteiger partial charge in [0.2, 0.25) is 0 Å². The highest BCUT2D eigenvalue weighted by atomic mass is 32.2. The number of benzene rings is 1. The number of fused-ring (bicyclic) bond motifs is 1. The van der Waals surface area contributed by atoms with Crippen molar-refractivity contribution in [3.05, 3.63) is 29.8 Å². The molecule has 1 aromatic rings. The van der Waals surface area contributed by atoms with Gasteiger partial charge in [-0.15, -0.1) is 0 Å². The Labute approximate surface area is 99.7 Å². The molecule has 0 aliphatic carbocycles. The fraction of sp³-hybridized carbons (Fsp3) is 0.333. The van der Waals surface area contributed by atoms with Crippen LogP contribution in [-0.2, 0) is 11.2 Å². The molecule has 0 saturated carbocycles. The van der Waals surface area contributed by atoms with Gasteiger partial charge in [0.15, 0.2) is 0 Å². The lowest BCUT2D eigenvalue weighted by atomic mass is 10.1. The summed E-state index contributed by atoms with van der Waals surface area (Å²) in [5.74, 6) is -0.833. The quantitative estimate of drug-likeness (QED) is 0.763. The summed E-state index contributed by atoms with van der Waals surface area (Å²) in [6.07, 6.45) is 2.11. The third kappa shape index (κ3) is 4.06. The first-order valence-corrected chi connectivity index (χ1v) is 5.91. The number of carboxylic acids is 1. The van der Waals surface area contributed by atoms with Gasteiger partial charge in [-0.05, 0) is 18.1 Å². The number of carbonyl (C=O) groups is 1. The van der Waals surface area contributed by atoms with Crippen molar-refractivity contribution in [2.75, 3.05) is 0 Å². The fourth-order valence-electron chi connectivity index (χ4n) is 1.29. The second-order valence-corrected chi connectivity index (χ2v) is 4.21. The van der Waals surface area contributed by atoms with Gasteiger partial charge in [-0.1, -0.05) is 25.1 Å². The molecule has 0 bridgehead atoms. The van der Waals surface area contributed by atoms with Crippen molar-refractivity contribution in [1.82, 2.24) is 0 Å². The average Bonchev–Trinajstić information content (AvgIpc) is 2.27. The van der Waals surface area contributed by atoms with E-state index >= 15 is 0 Å². The van der Waals surface area contributed by atoms with Gasteiger partial charge in [0.1, 0.15) is 0 Å². The molecule has 1 aliphatic rings. The first-order chi connectivity index (χ1) is 7.63. The predicted octanol–water partition coefficient (Wildman–Crippen LogP) is 3.19. The van der Waals surface area contributed by atoms with Crippen LogP contribution in [0, 0.1) is 0 Å². The number of nitrogens with zero attached hydrogens (tertiary/aromatic N) is 1. The van der Waals surface area contributed by atoms with Gasteiger partial charge in [0, 0.05) is 35.9 Å². The largest absolute Gasteiger partial charge is 0.481 e. The molecule has 1 aliphatic heterocycles. The summed E-state index contributed by atoms with van der Waals surface area (Å²) in [5, 5.41) is 7.42. The molecule has 0 radical (unpaired) electrons. The molecule has 0 amide bonds. The average molecular weight is 237 g/mol. The maximum atomic E-state index is 9.00. The van der Waals surface area contributed by atoms with Crippen molar-refractivity contribution >= 4 is 23.6 Å². The molecule has 16 heavy (non-hydrogen) atoms. The Morgan fingerprint density at radius 2 is 2.12 bits per heavy atom. The number of aliphatic carboxylic acids is 1. The van der Waals surface area contributed by atoms with Crippen LogP contribution in [0.25, 0.3) is 0 Å². The normalized spacial score (nSPS) is 13.0. The molecule has 4 heteroatoms. The molecule has 0 fully saturated rings. The minimum atomic E-state index is -0.833. The van der Waals surface area contributed by atoms with Gasteiger partial charge < -0.3 is 5.11 Å². The zero-order valence-corrected chi connectivity index (χ0v) is 10.3. The Morgan fingerprint density at radius 1 is 1.50 bits per heavy atom. The van der Waals surface area contributed by atoms with Crippen LogP contribution in [0.15, 0.2) is 33.6 Å². The summed E-state index contributed by atoms with van der Waals surface area (Å²) in [6.45, 7) is 3.24. The Hall–Kier alpha value is -1.29. The van der Waals surface area contributed by atoms with Crippen molar-refractivity contribution < 1.29 is 9.90 Å².